The molecule has 0 saturated carbocycles. The minimum absolute atomic E-state index is 0.0593. The smallest absolute Gasteiger partial charge is 0.289 e. The van der Waals surface area contributed by atoms with Crippen molar-refractivity contribution in [1.29, 1.82) is 0 Å². The van der Waals surface area contributed by atoms with Gasteiger partial charge >= 0.3 is 0 Å². The Balaban J connectivity index is 1.42. The number of amides is 1. The van der Waals surface area contributed by atoms with Crippen molar-refractivity contribution in [3.63, 3.8) is 0 Å². The van der Waals surface area contributed by atoms with Crippen LogP contribution in [0, 0.1) is 0 Å². The summed E-state index contributed by atoms with van der Waals surface area (Å²) in [5.41, 5.74) is 0. The van der Waals surface area contributed by atoms with Crippen molar-refractivity contribution in [2.45, 2.75) is 19.6 Å². The third kappa shape index (κ3) is 3.44. The number of furan rings is 1. The van der Waals surface area contributed by atoms with E-state index in [-0.39, 0.29) is 11.9 Å². The zero-order valence-electron chi connectivity index (χ0n) is 14.8. The molecular weight excluding hydrogens is 328 g/mol. The van der Waals surface area contributed by atoms with E-state index in [4.69, 9.17) is 9.15 Å². The maximum Gasteiger partial charge on any atom is 0.289 e. The molecule has 0 aliphatic carbocycles. The number of ether oxygens (including phenoxy) is 1. The van der Waals surface area contributed by atoms with Gasteiger partial charge in [0.25, 0.3) is 5.91 Å². The van der Waals surface area contributed by atoms with Crippen LogP contribution in [-0.2, 0) is 6.61 Å². The summed E-state index contributed by atoms with van der Waals surface area (Å²) in [6.07, 6.45) is 0. The lowest BCUT2D eigenvalue weighted by molar-refractivity contribution is 0.0619. The molecule has 1 aliphatic heterocycles. The Morgan fingerprint density at radius 3 is 2.88 bits per heavy atom. The van der Waals surface area contributed by atoms with Crippen LogP contribution in [0.1, 0.15) is 23.2 Å². The lowest BCUT2D eigenvalue weighted by atomic mass is 10.1. The van der Waals surface area contributed by atoms with Gasteiger partial charge in [-0.1, -0.05) is 30.3 Å². The lowest BCUT2D eigenvalue weighted by Gasteiger charge is -2.33. The predicted octanol–water partition coefficient (Wildman–Crippen LogP) is 3.45. The van der Waals surface area contributed by atoms with E-state index in [1.165, 1.54) is 5.39 Å². The van der Waals surface area contributed by atoms with E-state index in [0.717, 1.165) is 24.2 Å². The van der Waals surface area contributed by atoms with Crippen LogP contribution >= 0.6 is 0 Å². The third-order valence-corrected chi connectivity index (χ3v) is 4.74. The Kier molecular flexibility index (Phi) is 4.63. The van der Waals surface area contributed by atoms with Gasteiger partial charge in [-0.3, -0.25) is 4.79 Å². The Labute approximate surface area is 152 Å². The molecule has 1 amide bonds. The highest BCUT2D eigenvalue weighted by molar-refractivity contribution is 5.91. The largest absolute Gasteiger partial charge is 0.486 e. The molecule has 1 aliphatic rings. The molecule has 2 heterocycles. The number of carbonyl (C=O) groups is 1. The quantitative estimate of drug-likeness (QED) is 0.783. The molecule has 0 unspecified atom stereocenters. The maximum atomic E-state index is 12.6. The fraction of sp³-hybridized carbons (Fsp3) is 0.286. The Morgan fingerprint density at radius 1 is 1.19 bits per heavy atom. The van der Waals surface area contributed by atoms with Crippen LogP contribution in [0.5, 0.6) is 5.75 Å². The fourth-order valence-corrected chi connectivity index (χ4v) is 3.27. The SMILES string of the molecule is C[C@@H]1CNCCN1C(=O)c1ccc(COc2ccc3ccccc3c2)o1. The van der Waals surface area contributed by atoms with Crippen LogP contribution in [0.25, 0.3) is 10.8 Å². The summed E-state index contributed by atoms with van der Waals surface area (Å²) >= 11 is 0. The summed E-state index contributed by atoms with van der Waals surface area (Å²) in [6, 6.07) is 17.8. The molecule has 1 aromatic heterocycles. The van der Waals surface area contributed by atoms with Crippen molar-refractivity contribution in [3.8, 4) is 5.75 Å². The van der Waals surface area contributed by atoms with E-state index < -0.39 is 0 Å². The second-order valence-corrected chi connectivity index (χ2v) is 6.62. The first-order valence-electron chi connectivity index (χ1n) is 8.93. The van der Waals surface area contributed by atoms with Gasteiger partial charge in [-0.15, -0.1) is 0 Å². The number of nitrogens with zero attached hydrogens (tertiary/aromatic N) is 1. The molecule has 1 atom stereocenters. The summed E-state index contributed by atoms with van der Waals surface area (Å²) in [5, 5.41) is 5.59. The van der Waals surface area contributed by atoms with Gasteiger partial charge in [-0.2, -0.15) is 0 Å². The number of benzene rings is 2. The van der Waals surface area contributed by atoms with Crippen molar-refractivity contribution in [2.24, 2.45) is 0 Å². The van der Waals surface area contributed by atoms with Crippen molar-refractivity contribution < 1.29 is 13.9 Å². The molecule has 5 nitrogen and oxygen atoms in total. The second kappa shape index (κ2) is 7.22. The molecule has 134 valence electrons. The van der Waals surface area contributed by atoms with E-state index in [1.54, 1.807) is 12.1 Å². The van der Waals surface area contributed by atoms with Gasteiger partial charge in [0.1, 0.15) is 18.1 Å². The van der Waals surface area contributed by atoms with Gasteiger partial charge in [0.2, 0.25) is 0 Å². The average molecular weight is 350 g/mol. The van der Waals surface area contributed by atoms with Crippen LogP contribution in [0.4, 0.5) is 0 Å². The minimum Gasteiger partial charge on any atom is -0.486 e. The standard InChI is InChI=1S/C21H22N2O3/c1-15-13-22-10-11-23(15)21(24)20-9-8-19(26-20)14-25-18-7-6-16-4-2-3-5-17(16)12-18/h2-9,12,15,22H,10-11,13-14H2,1H3/t15-/m1/s1. The van der Waals surface area contributed by atoms with Gasteiger partial charge in [-0.25, -0.2) is 0 Å². The molecule has 5 heteroatoms. The number of carbonyl (C=O) groups excluding carboxylic acids is 1. The molecule has 1 N–H and O–H groups in total. The van der Waals surface area contributed by atoms with Crippen LogP contribution in [-0.4, -0.2) is 36.5 Å². The number of nitrogens with one attached hydrogen (secondary N) is 1. The third-order valence-electron chi connectivity index (χ3n) is 4.74. The first-order chi connectivity index (χ1) is 12.7. The normalized spacial score (nSPS) is 17.4. The minimum atomic E-state index is -0.0593. The van der Waals surface area contributed by atoms with Gasteiger partial charge in [0, 0.05) is 25.7 Å². The summed E-state index contributed by atoms with van der Waals surface area (Å²) in [7, 11) is 0. The van der Waals surface area contributed by atoms with Gasteiger partial charge in [0.15, 0.2) is 5.76 Å². The summed E-state index contributed by atoms with van der Waals surface area (Å²) < 4.78 is 11.6. The average Bonchev–Trinajstić information content (AvgIpc) is 3.15. The number of piperazine rings is 1. The van der Waals surface area contributed by atoms with Crippen molar-refractivity contribution in [3.05, 3.63) is 66.1 Å². The molecule has 0 radical (unpaired) electrons. The maximum absolute atomic E-state index is 12.6. The van der Waals surface area contributed by atoms with E-state index >= 15 is 0 Å². The van der Waals surface area contributed by atoms with Crippen LogP contribution in [0.2, 0.25) is 0 Å². The number of hydrogen-bond donors (Lipinski definition) is 1. The molecular formula is C21H22N2O3. The van der Waals surface area contributed by atoms with Crippen LogP contribution in [0.3, 0.4) is 0 Å². The van der Waals surface area contributed by atoms with Crippen molar-refractivity contribution >= 4 is 16.7 Å². The molecule has 4 rings (SSSR count). The zero-order valence-corrected chi connectivity index (χ0v) is 14.8. The van der Waals surface area contributed by atoms with Gasteiger partial charge < -0.3 is 19.4 Å². The van der Waals surface area contributed by atoms with E-state index in [1.807, 2.05) is 42.2 Å². The first kappa shape index (κ1) is 16.7. The molecule has 26 heavy (non-hydrogen) atoms. The zero-order chi connectivity index (χ0) is 17.9. The molecule has 1 saturated heterocycles. The lowest BCUT2D eigenvalue weighted by Crippen LogP contribution is -2.52. The van der Waals surface area contributed by atoms with E-state index in [0.29, 0.717) is 24.7 Å². The van der Waals surface area contributed by atoms with E-state index in [9.17, 15) is 4.79 Å². The summed E-state index contributed by atoms with van der Waals surface area (Å²) in [6.45, 7) is 4.65. The summed E-state index contributed by atoms with van der Waals surface area (Å²) in [4.78, 5) is 14.5. The van der Waals surface area contributed by atoms with Gasteiger partial charge in [-0.05, 0) is 42.0 Å². The molecule has 0 bridgehead atoms. The Bertz CT molecular complexity index is 918. The van der Waals surface area contributed by atoms with Crippen LogP contribution < -0.4 is 10.1 Å². The number of hydrogen-bond acceptors (Lipinski definition) is 4. The fourth-order valence-electron chi connectivity index (χ4n) is 3.27. The highest BCUT2D eigenvalue weighted by Gasteiger charge is 2.26. The van der Waals surface area contributed by atoms with E-state index in [2.05, 4.69) is 17.4 Å². The Morgan fingerprint density at radius 2 is 2.04 bits per heavy atom. The van der Waals surface area contributed by atoms with Crippen LogP contribution in [0.15, 0.2) is 59.0 Å². The highest BCUT2D eigenvalue weighted by atomic mass is 16.5. The second-order valence-electron chi connectivity index (χ2n) is 6.62. The monoisotopic (exact) mass is 350 g/mol. The summed E-state index contributed by atoms with van der Waals surface area (Å²) in [5.74, 6) is 1.74. The van der Waals surface area contributed by atoms with Crippen molar-refractivity contribution in [1.82, 2.24) is 10.2 Å². The Hall–Kier alpha value is -2.79. The molecule has 2 aromatic carbocycles. The van der Waals surface area contributed by atoms with Crippen molar-refractivity contribution in [2.75, 3.05) is 19.6 Å². The first-order valence-corrected chi connectivity index (χ1v) is 8.93. The molecule has 1 fully saturated rings. The highest BCUT2D eigenvalue weighted by Crippen LogP contribution is 2.22. The number of fused-ring (bicyclic) bond motifs is 1. The molecule has 3 aromatic rings. The van der Waals surface area contributed by atoms with Gasteiger partial charge in [0.05, 0.1) is 0 Å². The number of rotatable bonds is 4. The topological polar surface area (TPSA) is 54.7 Å². The predicted molar refractivity (Wildman–Crippen MR) is 100 cm³/mol. The molecule has 0 spiro atoms.